The second-order valence-electron chi connectivity index (χ2n) is 4.63. The highest BCUT2D eigenvalue weighted by Crippen LogP contribution is 2.16. The first-order chi connectivity index (χ1) is 10.1. The summed E-state index contributed by atoms with van der Waals surface area (Å²) in [7, 11) is 0. The molecule has 0 radical (unpaired) electrons. The molecule has 0 fully saturated rings. The molecular weight excluding hydrogens is 262 g/mol. The zero-order valence-corrected chi connectivity index (χ0v) is 11.6. The van der Waals surface area contributed by atoms with Crippen molar-refractivity contribution in [3.63, 3.8) is 0 Å². The van der Waals surface area contributed by atoms with E-state index < -0.39 is 0 Å². The van der Waals surface area contributed by atoms with Gasteiger partial charge in [0, 0.05) is 17.5 Å². The maximum atomic E-state index is 11.9. The Labute approximate surface area is 123 Å². The molecule has 0 aromatic heterocycles. The van der Waals surface area contributed by atoms with E-state index in [0.29, 0.717) is 16.9 Å². The van der Waals surface area contributed by atoms with E-state index in [4.69, 9.17) is 11.0 Å². The molecule has 1 amide bonds. The zero-order chi connectivity index (χ0) is 15.2. The third-order valence-corrected chi connectivity index (χ3v) is 2.96. The number of anilines is 2. The van der Waals surface area contributed by atoms with Crippen LogP contribution in [0.3, 0.4) is 0 Å². The molecule has 0 saturated heterocycles. The second kappa shape index (κ2) is 6.40. The van der Waals surface area contributed by atoms with Crippen LogP contribution in [-0.2, 0) is 4.79 Å². The number of benzene rings is 2. The van der Waals surface area contributed by atoms with Crippen molar-refractivity contribution >= 4 is 23.4 Å². The van der Waals surface area contributed by atoms with Gasteiger partial charge >= 0.3 is 0 Å². The summed E-state index contributed by atoms with van der Waals surface area (Å²) in [6, 6.07) is 14.5. The average Bonchev–Trinajstić information content (AvgIpc) is 2.47. The molecule has 0 spiro atoms. The van der Waals surface area contributed by atoms with E-state index >= 15 is 0 Å². The summed E-state index contributed by atoms with van der Waals surface area (Å²) in [6.07, 6.45) is 3.13. The Hall–Kier alpha value is -3.06. The molecule has 0 saturated carbocycles. The highest BCUT2D eigenvalue weighted by Gasteiger charge is 2.03. The third-order valence-electron chi connectivity index (χ3n) is 2.96. The van der Waals surface area contributed by atoms with Crippen LogP contribution in [0.25, 0.3) is 6.08 Å². The van der Waals surface area contributed by atoms with E-state index in [0.717, 1.165) is 11.1 Å². The lowest BCUT2D eigenvalue weighted by Gasteiger charge is -2.06. The SMILES string of the molecule is Cc1ccc(C#N)cc1NC(=O)/C=C/c1cccc(N)c1. The van der Waals surface area contributed by atoms with Gasteiger partial charge in [-0.3, -0.25) is 4.79 Å². The quantitative estimate of drug-likeness (QED) is 0.668. The van der Waals surface area contributed by atoms with Gasteiger partial charge in [0.2, 0.25) is 5.91 Å². The summed E-state index contributed by atoms with van der Waals surface area (Å²) < 4.78 is 0. The Morgan fingerprint density at radius 2 is 2.10 bits per heavy atom. The van der Waals surface area contributed by atoms with Crippen LogP contribution in [0.4, 0.5) is 11.4 Å². The van der Waals surface area contributed by atoms with Crippen molar-refractivity contribution < 1.29 is 4.79 Å². The number of amides is 1. The molecule has 0 aliphatic carbocycles. The van der Waals surface area contributed by atoms with E-state index in [9.17, 15) is 4.79 Å². The number of rotatable bonds is 3. The average molecular weight is 277 g/mol. The number of hydrogen-bond acceptors (Lipinski definition) is 3. The molecule has 0 atom stereocenters. The van der Waals surface area contributed by atoms with Crippen molar-refractivity contribution in [2.75, 3.05) is 11.1 Å². The van der Waals surface area contributed by atoms with E-state index in [1.54, 1.807) is 36.4 Å². The minimum atomic E-state index is -0.254. The Morgan fingerprint density at radius 3 is 2.81 bits per heavy atom. The Kier molecular flexibility index (Phi) is 4.37. The van der Waals surface area contributed by atoms with Crippen LogP contribution in [0.15, 0.2) is 48.5 Å². The number of nitrogens with zero attached hydrogens (tertiary/aromatic N) is 1. The van der Waals surface area contributed by atoms with Crippen LogP contribution >= 0.6 is 0 Å². The van der Waals surface area contributed by atoms with Crippen LogP contribution in [0, 0.1) is 18.3 Å². The topological polar surface area (TPSA) is 78.9 Å². The molecule has 2 aromatic rings. The number of carbonyl (C=O) groups is 1. The highest BCUT2D eigenvalue weighted by molar-refractivity contribution is 6.02. The summed E-state index contributed by atoms with van der Waals surface area (Å²) in [4.78, 5) is 11.9. The van der Waals surface area contributed by atoms with Crippen molar-refractivity contribution in [2.24, 2.45) is 0 Å². The van der Waals surface area contributed by atoms with Crippen molar-refractivity contribution in [1.29, 1.82) is 5.26 Å². The lowest BCUT2D eigenvalue weighted by molar-refractivity contribution is -0.111. The Bertz CT molecular complexity index is 742. The van der Waals surface area contributed by atoms with Crippen LogP contribution < -0.4 is 11.1 Å². The fourth-order valence-corrected chi connectivity index (χ4v) is 1.84. The molecule has 0 bridgehead atoms. The molecule has 0 unspecified atom stereocenters. The van der Waals surface area contributed by atoms with Gasteiger partial charge in [-0.05, 0) is 48.4 Å². The van der Waals surface area contributed by atoms with E-state index in [-0.39, 0.29) is 5.91 Å². The molecule has 2 rings (SSSR count). The maximum Gasteiger partial charge on any atom is 0.248 e. The first kappa shape index (κ1) is 14.4. The molecule has 3 N–H and O–H groups in total. The van der Waals surface area contributed by atoms with Gasteiger partial charge in [0.25, 0.3) is 0 Å². The first-order valence-electron chi connectivity index (χ1n) is 6.44. The van der Waals surface area contributed by atoms with E-state index in [1.807, 2.05) is 25.1 Å². The van der Waals surface area contributed by atoms with Gasteiger partial charge in [-0.2, -0.15) is 5.26 Å². The summed E-state index contributed by atoms with van der Waals surface area (Å²) in [6.45, 7) is 1.87. The lowest BCUT2D eigenvalue weighted by atomic mass is 10.1. The van der Waals surface area contributed by atoms with Crippen molar-refractivity contribution in [1.82, 2.24) is 0 Å². The van der Waals surface area contributed by atoms with Gasteiger partial charge in [-0.1, -0.05) is 18.2 Å². The van der Waals surface area contributed by atoms with Crippen LogP contribution in [0.2, 0.25) is 0 Å². The minimum Gasteiger partial charge on any atom is -0.399 e. The number of hydrogen-bond donors (Lipinski definition) is 2. The Morgan fingerprint density at radius 1 is 1.29 bits per heavy atom. The second-order valence-corrected chi connectivity index (χ2v) is 4.63. The standard InChI is InChI=1S/C17H15N3O/c1-12-5-6-14(11-18)10-16(12)20-17(21)8-7-13-3-2-4-15(19)9-13/h2-10H,19H2,1H3,(H,20,21)/b8-7+. The van der Waals surface area contributed by atoms with Gasteiger partial charge in [0.1, 0.15) is 0 Å². The number of aryl methyl sites for hydroxylation is 1. The van der Waals surface area contributed by atoms with Crippen LogP contribution in [-0.4, -0.2) is 5.91 Å². The molecule has 4 nitrogen and oxygen atoms in total. The largest absolute Gasteiger partial charge is 0.399 e. The molecule has 0 aliphatic heterocycles. The first-order valence-corrected chi connectivity index (χ1v) is 6.44. The maximum absolute atomic E-state index is 11.9. The normalized spacial score (nSPS) is 10.3. The smallest absolute Gasteiger partial charge is 0.248 e. The predicted octanol–water partition coefficient (Wildman–Crippen LogP) is 3.10. The number of nitrogens with one attached hydrogen (secondary N) is 1. The van der Waals surface area contributed by atoms with Gasteiger partial charge in [-0.15, -0.1) is 0 Å². The molecule has 21 heavy (non-hydrogen) atoms. The zero-order valence-electron chi connectivity index (χ0n) is 11.6. The molecule has 0 aliphatic rings. The van der Waals surface area contributed by atoms with Crippen molar-refractivity contribution in [2.45, 2.75) is 6.92 Å². The minimum absolute atomic E-state index is 0.254. The Balaban J connectivity index is 2.10. The number of carbonyl (C=O) groups excluding carboxylic acids is 1. The molecule has 4 heteroatoms. The molecule has 104 valence electrons. The van der Waals surface area contributed by atoms with Gasteiger partial charge in [-0.25, -0.2) is 0 Å². The van der Waals surface area contributed by atoms with Crippen LogP contribution in [0.5, 0.6) is 0 Å². The summed E-state index contributed by atoms with van der Waals surface area (Å²) in [5.74, 6) is -0.254. The predicted molar refractivity (Wildman–Crippen MR) is 84.4 cm³/mol. The summed E-state index contributed by atoms with van der Waals surface area (Å²) in [5, 5.41) is 11.6. The lowest BCUT2D eigenvalue weighted by Crippen LogP contribution is -2.09. The number of nitrogen functional groups attached to an aromatic ring is 1. The molecular formula is C17H15N3O. The third kappa shape index (κ3) is 3.95. The monoisotopic (exact) mass is 277 g/mol. The number of nitriles is 1. The highest BCUT2D eigenvalue weighted by atomic mass is 16.1. The van der Waals surface area contributed by atoms with Crippen molar-refractivity contribution in [3.05, 3.63) is 65.2 Å². The summed E-state index contributed by atoms with van der Waals surface area (Å²) >= 11 is 0. The van der Waals surface area contributed by atoms with Crippen LogP contribution in [0.1, 0.15) is 16.7 Å². The molecule has 2 aromatic carbocycles. The fraction of sp³-hybridized carbons (Fsp3) is 0.0588. The van der Waals surface area contributed by atoms with Gasteiger partial charge in [0.05, 0.1) is 11.6 Å². The fourth-order valence-electron chi connectivity index (χ4n) is 1.84. The van der Waals surface area contributed by atoms with Gasteiger partial charge in [0.15, 0.2) is 0 Å². The van der Waals surface area contributed by atoms with Gasteiger partial charge < -0.3 is 11.1 Å². The summed E-state index contributed by atoms with van der Waals surface area (Å²) in [5.41, 5.74) is 9.23. The number of nitrogens with two attached hydrogens (primary N) is 1. The van der Waals surface area contributed by atoms with Crippen molar-refractivity contribution in [3.8, 4) is 6.07 Å². The van der Waals surface area contributed by atoms with E-state index in [2.05, 4.69) is 5.32 Å². The molecule has 0 heterocycles. The van der Waals surface area contributed by atoms with E-state index in [1.165, 1.54) is 6.08 Å².